The van der Waals surface area contributed by atoms with Crippen LogP contribution in [0.25, 0.3) is 10.8 Å². The van der Waals surface area contributed by atoms with Crippen LogP contribution in [0, 0.1) is 5.92 Å². The van der Waals surface area contributed by atoms with Gasteiger partial charge in [0.25, 0.3) is 0 Å². The van der Waals surface area contributed by atoms with E-state index in [-0.39, 0.29) is 6.61 Å². The van der Waals surface area contributed by atoms with Crippen molar-refractivity contribution in [2.45, 2.75) is 19.0 Å². The van der Waals surface area contributed by atoms with Gasteiger partial charge in [0.2, 0.25) is 0 Å². The van der Waals surface area contributed by atoms with E-state index in [9.17, 15) is 0 Å². The van der Waals surface area contributed by atoms with Crippen molar-refractivity contribution in [3.8, 4) is 0 Å². The van der Waals surface area contributed by atoms with Crippen molar-refractivity contribution >= 4 is 10.8 Å². The van der Waals surface area contributed by atoms with Gasteiger partial charge < -0.3 is 10.4 Å². The van der Waals surface area contributed by atoms with E-state index < -0.39 is 0 Å². The van der Waals surface area contributed by atoms with Crippen LogP contribution in [0.15, 0.2) is 54.6 Å². The van der Waals surface area contributed by atoms with E-state index >= 15 is 0 Å². The first-order chi connectivity index (χ1) is 9.35. The average molecular weight is 253 g/mol. The van der Waals surface area contributed by atoms with Crippen molar-refractivity contribution in [1.82, 2.24) is 5.32 Å². The monoisotopic (exact) mass is 253 g/mol. The number of nitrogens with one attached hydrogen (secondary N) is 1. The third kappa shape index (κ3) is 2.86. The molecule has 0 fully saturated rings. The lowest BCUT2D eigenvalue weighted by Crippen LogP contribution is -2.26. The largest absolute Gasteiger partial charge is 0.396 e. The van der Waals surface area contributed by atoms with Gasteiger partial charge in [-0.2, -0.15) is 0 Å². The quantitative estimate of drug-likeness (QED) is 0.821. The third-order valence-corrected chi connectivity index (χ3v) is 3.79. The molecule has 1 aliphatic carbocycles. The van der Waals surface area contributed by atoms with Crippen LogP contribution in [0.1, 0.15) is 12.0 Å². The lowest BCUT2D eigenvalue weighted by molar-refractivity contribution is 0.246. The topological polar surface area (TPSA) is 32.3 Å². The Labute approximate surface area is 113 Å². The molecule has 2 heteroatoms. The lowest BCUT2D eigenvalue weighted by atomic mass is 10.1. The van der Waals surface area contributed by atoms with Crippen molar-refractivity contribution < 1.29 is 5.11 Å². The molecule has 2 nitrogen and oxygen atoms in total. The molecule has 0 aromatic heterocycles. The van der Waals surface area contributed by atoms with Crippen LogP contribution in [-0.4, -0.2) is 17.8 Å². The summed E-state index contributed by atoms with van der Waals surface area (Å²) in [6, 6.07) is 15.4. The molecule has 0 heterocycles. The molecular weight excluding hydrogens is 234 g/mol. The van der Waals surface area contributed by atoms with Crippen molar-refractivity contribution in [1.29, 1.82) is 0 Å². The number of benzene rings is 2. The zero-order valence-electron chi connectivity index (χ0n) is 10.9. The number of aliphatic hydroxyl groups excluding tert-OH is 1. The molecule has 2 aromatic carbocycles. The van der Waals surface area contributed by atoms with Crippen molar-refractivity contribution in [2.75, 3.05) is 6.61 Å². The van der Waals surface area contributed by atoms with Crippen LogP contribution in [0.3, 0.4) is 0 Å². The maximum absolute atomic E-state index is 9.11. The number of fused-ring (bicyclic) bond motifs is 1. The molecule has 19 heavy (non-hydrogen) atoms. The van der Waals surface area contributed by atoms with Crippen molar-refractivity contribution in [3.05, 3.63) is 60.2 Å². The minimum Gasteiger partial charge on any atom is -0.396 e. The Morgan fingerprint density at radius 2 is 1.89 bits per heavy atom. The zero-order valence-corrected chi connectivity index (χ0v) is 10.9. The Bertz CT molecular complexity index is 591. The highest BCUT2D eigenvalue weighted by molar-refractivity contribution is 5.82. The van der Waals surface area contributed by atoms with Crippen LogP contribution in [-0.2, 0) is 6.54 Å². The Morgan fingerprint density at radius 3 is 2.68 bits per heavy atom. The van der Waals surface area contributed by atoms with Crippen LogP contribution in [0.4, 0.5) is 0 Å². The fourth-order valence-electron chi connectivity index (χ4n) is 2.66. The van der Waals surface area contributed by atoms with Gasteiger partial charge in [0, 0.05) is 25.1 Å². The Kier molecular flexibility index (Phi) is 3.62. The molecule has 3 rings (SSSR count). The summed E-state index contributed by atoms with van der Waals surface area (Å²) >= 11 is 0. The summed E-state index contributed by atoms with van der Waals surface area (Å²) in [6.45, 7) is 1.13. The normalized spacial score (nSPS) is 22.2. The van der Waals surface area contributed by atoms with Crippen LogP contribution >= 0.6 is 0 Å². The number of hydrogen-bond donors (Lipinski definition) is 2. The standard InChI is InChI=1S/C17H19NO/c19-12-14-6-8-17(10-14)18-11-13-5-7-15-3-1-2-4-16(15)9-13/h1-9,14,17-19H,10-12H2/t14-,17+/m0/s1. The molecule has 0 saturated heterocycles. The second kappa shape index (κ2) is 5.55. The van der Waals surface area contributed by atoms with Crippen molar-refractivity contribution in [2.24, 2.45) is 5.92 Å². The Balaban J connectivity index is 1.64. The molecular formula is C17H19NO. The van der Waals surface area contributed by atoms with Gasteiger partial charge in [-0.25, -0.2) is 0 Å². The van der Waals surface area contributed by atoms with Crippen LogP contribution < -0.4 is 5.32 Å². The maximum Gasteiger partial charge on any atom is 0.0494 e. The van der Waals surface area contributed by atoms with Crippen LogP contribution in [0.2, 0.25) is 0 Å². The predicted molar refractivity (Wildman–Crippen MR) is 78.9 cm³/mol. The fraction of sp³-hybridized carbons (Fsp3) is 0.294. The van der Waals surface area contributed by atoms with E-state index in [1.165, 1.54) is 16.3 Å². The van der Waals surface area contributed by atoms with Gasteiger partial charge in [-0.3, -0.25) is 0 Å². The highest BCUT2D eigenvalue weighted by Gasteiger charge is 2.17. The Morgan fingerprint density at radius 1 is 1.05 bits per heavy atom. The highest BCUT2D eigenvalue weighted by atomic mass is 16.3. The Hall–Kier alpha value is -1.64. The minimum atomic E-state index is 0.255. The number of rotatable bonds is 4. The van der Waals surface area contributed by atoms with E-state index in [1.54, 1.807) is 0 Å². The second-order valence-electron chi connectivity index (χ2n) is 5.23. The molecule has 2 aromatic rings. The summed E-state index contributed by atoms with van der Waals surface area (Å²) in [7, 11) is 0. The van der Waals surface area contributed by atoms with Gasteiger partial charge in [-0.05, 0) is 28.8 Å². The SMILES string of the molecule is OC[C@H]1C=C[C@@H](NCc2ccc3ccccc3c2)C1. The summed E-state index contributed by atoms with van der Waals surface area (Å²) in [6.07, 6.45) is 5.28. The smallest absolute Gasteiger partial charge is 0.0494 e. The average Bonchev–Trinajstić information content (AvgIpc) is 2.93. The summed E-state index contributed by atoms with van der Waals surface area (Å²) < 4.78 is 0. The van der Waals surface area contributed by atoms with Gasteiger partial charge in [0.15, 0.2) is 0 Å². The molecule has 2 N–H and O–H groups in total. The fourth-order valence-corrected chi connectivity index (χ4v) is 2.66. The van der Waals surface area contributed by atoms with Gasteiger partial charge >= 0.3 is 0 Å². The first-order valence-corrected chi connectivity index (χ1v) is 6.85. The van der Waals surface area contributed by atoms with Gasteiger partial charge in [0.1, 0.15) is 0 Å². The van der Waals surface area contributed by atoms with Crippen LogP contribution in [0.5, 0.6) is 0 Å². The summed E-state index contributed by atoms with van der Waals surface area (Å²) in [5, 5.41) is 15.2. The minimum absolute atomic E-state index is 0.255. The molecule has 0 unspecified atom stereocenters. The second-order valence-corrected chi connectivity index (χ2v) is 5.23. The number of aliphatic hydroxyl groups is 1. The number of hydrogen-bond acceptors (Lipinski definition) is 2. The maximum atomic E-state index is 9.11. The first kappa shape index (κ1) is 12.4. The summed E-state index contributed by atoms with van der Waals surface area (Å²) in [5.74, 6) is 0.328. The molecule has 1 aliphatic rings. The van der Waals surface area contributed by atoms with Gasteiger partial charge in [0.05, 0.1) is 0 Å². The van der Waals surface area contributed by atoms with E-state index in [1.807, 2.05) is 0 Å². The molecule has 2 atom stereocenters. The summed E-state index contributed by atoms with van der Waals surface area (Å²) in [4.78, 5) is 0. The summed E-state index contributed by atoms with van der Waals surface area (Å²) in [5.41, 5.74) is 1.31. The highest BCUT2D eigenvalue weighted by Crippen LogP contribution is 2.19. The molecule has 0 amide bonds. The third-order valence-electron chi connectivity index (χ3n) is 3.79. The molecule has 0 saturated carbocycles. The van der Waals surface area contributed by atoms with E-state index in [0.29, 0.717) is 12.0 Å². The molecule has 98 valence electrons. The molecule has 0 spiro atoms. The van der Waals surface area contributed by atoms with Gasteiger partial charge in [-0.15, -0.1) is 0 Å². The lowest BCUT2D eigenvalue weighted by Gasteiger charge is -2.13. The molecule has 0 aliphatic heterocycles. The molecule has 0 bridgehead atoms. The van der Waals surface area contributed by atoms with Crippen molar-refractivity contribution in [3.63, 3.8) is 0 Å². The van der Waals surface area contributed by atoms with E-state index in [4.69, 9.17) is 5.11 Å². The first-order valence-electron chi connectivity index (χ1n) is 6.85. The molecule has 0 radical (unpaired) electrons. The van der Waals surface area contributed by atoms with E-state index in [2.05, 4.69) is 59.9 Å². The van der Waals surface area contributed by atoms with E-state index in [0.717, 1.165) is 13.0 Å². The predicted octanol–water partition coefficient (Wildman–Crippen LogP) is 2.87. The zero-order chi connectivity index (χ0) is 13.1. The van der Waals surface area contributed by atoms with Gasteiger partial charge in [-0.1, -0.05) is 48.6 Å².